The maximum absolute atomic E-state index is 2.45. The van der Waals surface area contributed by atoms with Crippen molar-refractivity contribution in [2.75, 3.05) is 0 Å². The van der Waals surface area contributed by atoms with Crippen molar-refractivity contribution in [3.63, 3.8) is 0 Å². The molecule has 226 valence electrons. The van der Waals surface area contributed by atoms with Gasteiger partial charge < -0.3 is 0 Å². The van der Waals surface area contributed by atoms with E-state index < -0.39 is 0 Å². The Kier molecular flexibility index (Phi) is 6.08. The lowest BCUT2D eigenvalue weighted by atomic mass is 9.82. The van der Waals surface area contributed by atoms with Crippen molar-refractivity contribution in [1.82, 2.24) is 0 Å². The molecular weight excluding hydrogens is 577 g/mol. The first-order valence-electron chi connectivity index (χ1n) is 17.2. The van der Waals surface area contributed by atoms with Crippen LogP contribution in [0.4, 0.5) is 0 Å². The number of hydrogen-bond acceptors (Lipinski definition) is 0. The van der Waals surface area contributed by atoms with Crippen molar-refractivity contribution in [3.05, 3.63) is 169 Å². The Hall–Kier alpha value is -5.72. The third kappa shape index (κ3) is 4.09. The summed E-state index contributed by atoms with van der Waals surface area (Å²) in [5.74, 6) is 0.702. The van der Waals surface area contributed by atoms with Crippen LogP contribution in [0.5, 0.6) is 0 Å². The van der Waals surface area contributed by atoms with Crippen LogP contribution in [0.2, 0.25) is 0 Å². The summed E-state index contributed by atoms with van der Waals surface area (Å²) in [6.07, 6.45) is 2.60. The summed E-state index contributed by atoms with van der Waals surface area (Å²) in [5.41, 5.74) is 18.6. The molecule has 0 spiro atoms. The van der Waals surface area contributed by atoms with Crippen LogP contribution in [0, 0.1) is 6.92 Å². The first-order chi connectivity index (χ1) is 23.8. The molecule has 0 N–H and O–H groups in total. The second-order valence-corrected chi connectivity index (χ2v) is 13.6. The Morgan fingerprint density at radius 1 is 0.375 bits per heavy atom. The molecule has 2 aliphatic rings. The molecule has 0 atom stereocenters. The maximum Gasteiger partial charge on any atom is -0.000741 e. The number of fused-ring (bicyclic) bond motifs is 4. The monoisotopic (exact) mass is 610 g/mol. The van der Waals surface area contributed by atoms with Crippen molar-refractivity contribution in [2.24, 2.45) is 0 Å². The molecule has 0 amide bonds. The fraction of sp³-hybridized carbons (Fsp3) is 0.0833. The topological polar surface area (TPSA) is 0 Å². The second-order valence-electron chi connectivity index (χ2n) is 13.6. The van der Waals surface area contributed by atoms with E-state index in [1.807, 2.05) is 0 Å². The van der Waals surface area contributed by atoms with E-state index in [-0.39, 0.29) is 0 Å². The minimum Gasteiger partial charge on any atom is -0.0622 e. The summed E-state index contributed by atoms with van der Waals surface area (Å²) in [4.78, 5) is 0. The van der Waals surface area contributed by atoms with Crippen LogP contribution in [0.25, 0.3) is 88.3 Å². The molecule has 1 saturated carbocycles. The van der Waals surface area contributed by atoms with Gasteiger partial charge in [-0.1, -0.05) is 152 Å². The molecule has 10 rings (SSSR count). The van der Waals surface area contributed by atoms with Gasteiger partial charge in [0.1, 0.15) is 0 Å². The smallest absolute Gasteiger partial charge is 0.000741 e. The normalized spacial score (nSPS) is 13.3. The van der Waals surface area contributed by atoms with E-state index in [4.69, 9.17) is 0 Å². The Balaban J connectivity index is 1.27. The molecule has 0 heterocycles. The first kappa shape index (κ1) is 27.4. The fourth-order valence-corrected chi connectivity index (χ4v) is 8.43. The molecule has 0 aliphatic heterocycles. The molecular formula is C48H34. The summed E-state index contributed by atoms with van der Waals surface area (Å²) < 4.78 is 0. The Morgan fingerprint density at radius 2 is 0.917 bits per heavy atom. The zero-order chi connectivity index (χ0) is 31.8. The lowest BCUT2D eigenvalue weighted by Gasteiger charge is -2.20. The average Bonchev–Trinajstić information content (AvgIpc) is 3.95. The summed E-state index contributed by atoms with van der Waals surface area (Å²) in [6.45, 7) is 2.26. The molecule has 48 heavy (non-hydrogen) atoms. The van der Waals surface area contributed by atoms with E-state index in [9.17, 15) is 0 Å². The van der Waals surface area contributed by atoms with Crippen LogP contribution in [0.15, 0.2) is 158 Å². The number of rotatable bonds is 5. The highest BCUT2D eigenvalue weighted by atomic mass is 14.3. The van der Waals surface area contributed by atoms with Gasteiger partial charge >= 0.3 is 0 Å². The average molecular weight is 611 g/mol. The minimum absolute atomic E-state index is 0.702. The number of aryl methyl sites for hydroxylation is 1. The number of hydrogen-bond donors (Lipinski definition) is 0. The van der Waals surface area contributed by atoms with Crippen LogP contribution >= 0.6 is 0 Å². The molecule has 8 aromatic carbocycles. The summed E-state index contributed by atoms with van der Waals surface area (Å²) >= 11 is 0. The minimum atomic E-state index is 0.702. The van der Waals surface area contributed by atoms with Gasteiger partial charge in [0.25, 0.3) is 0 Å². The van der Waals surface area contributed by atoms with Gasteiger partial charge in [0.15, 0.2) is 0 Å². The van der Waals surface area contributed by atoms with Gasteiger partial charge in [-0.05, 0) is 131 Å². The summed E-state index contributed by atoms with van der Waals surface area (Å²) in [5, 5.41) is 5.26. The van der Waals surface area contributed by atoms with Gasteiger partial charge in [-0.15, -0.1) is 0 Å². The molecule has 0 nitrogen and oxygen atoms in total. The van der Waals surface area contributed by atoms with Crippen molar-refractivity contribution >= 4 is 21.5 Å². The lowest BCUT2D eigenvalue weighted by molar-refractivity contribution is 1.13. The largest absolute Gasteiger partial charge is 0.0622 e. The fourth-order valence-electron chi connectivity index (χ4n) is 8.43. The molecule has 0 unspecified atom stereocenters. The van der Waals surface area contributed by atoms with Crippen LogP contribution < -0.4 is 0 Å². The first-order valence-corrected chi connectivity index (χ1v) is 17.2. The van der Waals surface area contributed by atoms with Crippen molar-refractivity contribution in [3.8, 4) is 66.8 Å². The van der Waals surface area contributed by atoms with Crippen molar-refractivity contribution in [1.29, 1.82) is 0 Å². The van der Waals surface area contributed by atoms with E-state index in [1.165, 1.54) is 112 Å². The van der Waals surface area contributed by atoms with Crippen LogP contribution in [0.3, 0.4) is 0 Å². The predicted octanol–water partition coefficient (Wildman–Crippen LogP) is 13.5. The van der Waals surface area contributed by atoms with E-state index >= 15 is 0 Å². The standard InChI is InChI=1S/C48H34/c1-30-23-24-34(29-43(30)37-18-9-8-17-35(37)31-25-26-31)36-27-28-42-46-38(36)21-12-22-41(46)47-44(32-13-4-2-5-14-32)39-19-10-11-20-40(39)45(48(42)47)33-15-6-3-7-16-33/h2-24,27-29,31H,25-26H2,1H3. The quantitative estimate of drug-likeness (QED) is 0.182. The van der Waals surface area contributed by atoms with Gasteiger partial charge in [-0.3, -0.25) is 0 Å². The van der Waals surface area contributed by atoms with E-state index in [0.29, 0.717) is 5.92 Å². The molecule has 0 bridgehead atoms. The highest BCUT2D eigenvalue weighted by molar-refractivity contribution is 6.28. The van der Waals surface area contributed by atoms with Crippen molar-refractivity contribution in [2.45, 2.75) is 25.7 Å². The molecule has 0 radical (unpaired) electrons. The van der Waals surface area contributed by atoms with Gasteiger partial charge in [0, 0.05) is 0 Å². The van der Waals surface area contributed by atoms with E-state index in [2.05, 4.69) is 165 Å². The zero-order valence-electron chi connectivity index (χ0n) is 27.0. The lowest BCUT2D eigenvalue weighted by Crippen LogP contribution is -1.93. The predicted molar refractivity (Wildman–Crippen MR) is 204 cm³/mol. The van der Waals surface area contributed by atoms with Gasteiger partial charge in [-0.2, -0.15) is 0 Å². The third-order valence-electron chi connectivity index (χ3n) is 10.7. The number of benzene rings is 8. The van der Waals surface area contributed by atoms with E-state index in [1.54, 1.807) is 0 Å². The second kappa shape index (κ2) is 10.7. The van der Waals surface area contributed by atoms with Gasteiger partial charge in [0.2, 0.25) is 0 Å². The molecule has 2 aliphatic carbocycles. The summed E-state index contributed by atoms with van der Waals surface area (Å²) in [7, 11) is 0. The molecule has 0 saturated heterocycles. The van der Waals surface area contributed by atoms with Crippen LogP contribution in [-0.4, -0.2) is 0 Å². The molecule has 0 heteroatoms. The van der Waals surface area contributed by atoms with Crippen LogP contribution in [-0.2, 0) is 0 Å². The Bertz CT molecular complexity index is 2460. The van der Waals surface area contributed by atoms with Gasteiger partial charge in [0.05, 0.1) is 0 Å². The maximum atomic E-state index is 2.45. The Labute approximate surface area is 282 Å². The SMILES string of the molecule is Cc1ccc(-c2ccc3c4c(cccc24)-c2c-3c(-c3ccccc3)c3ccccc3c2-c2ccccc2)cc1-c1ccccc1C1CC1. The molecule has 1 fully saturated rings. The highest BCUT2D eigenvalue weighted by Crippen LogP contribution is 2.58. The van der Waals surface area contributed by atoms with Gasteiger partial charge in [-0.25, -0.2) is 0 Å². The molecule has 8 aromatic rings. The van der Waals surface area contributed by atoms with E-state index in [0.717, 1.165) is 0 Å². The summed E-state index contributed by atoms with van der Waals surface area (Å²) in [6, 6.07) is 58.9. The Morgan fingerprint density at radius 3 is 1.58 bits per heavy atom. The zero-order valence-corrected chi connectivity index (χ0v) is 27.0. The third-order valence-corrected chi connectivity index (χ3v) is 10.7. The van der Waals surface area contributed by atoms with Crippen LogP contribution in [0.1, 0.15) is 29.9 Å². The van der Waals surface area contributed by atoms with Crippen molar-refractivity contribution < 1.29 is 0 Å². The highest BCUT2D eigenvalue weighted by Gasteiger charge is 2.31. The molecule has 0 aromatic heterocycles.